The molecular weight excluding hydrogens is 312 g/mol. The number of nitrogens with one attached hydrogen (secondary N) is 2. The van der Waals surface area contributed by atoms with E-state index >= 15 is 0 Å². The largest absolute Gasteiger partial charge is 0.349 e. The molecule has 118 valence electrons. The van der Waals surface area contributed by atoms with Gasteiger partial charge in [0, 0.05) is 35.2 Å². The van der Waals surface area contributed by atoms with Crippen molar-refractivity contribution in [1.29, 1.82) is 0 Å². The van der Waals surface area contributed by atoms with Crippen molar-refractivity contribution in [2.75, 3.05) is 11.5 Å². The Balaban J connectivity index is 1.37. The number of carbonyl (C=O) groups is 1. The molecule has 22 heavy (non-hydrogen) atoms. The second-order valence-electron chi connectivity index (χ2n) is 6.48. The summed E-state index contributed by atoms with van der Waals surface area (Å²) in [6.07, 6.45) is 4.69. The van der Waals surface area contributed by atoms with Gasteiger partial charge >= 0.3 is 0 Å². The molecule has 0 spiro atoms. The Morgan fingerprint density at radius 2 is 1.68 bits per heavy atom. The number of benzene rings is 1. The Bertz CT molecular complexity index is 530. The van der Waals surface area contributed by atoms with Gasteiger partial charge in [-0.2, -0.15) is 0 Å². The molecule has 3 heterocycles. The molecule has 0 aliphatic carbocycles. The van der Waals surface area contributed by atoms with Crippen molar-refractivity contribution in [3.8, 4) is 0 Å². The number of carbonyl (C=O) groups excluding carboxylic acids is 1. The maximum atomic E-state index is 12.4. The summed E-state index contributed by atoms with van der Waals surface area (Å²) in [6.45, 7) is 0. The molecule has 2 N–H and O–H groups in total. The van der Waals surface area contributed by atoms with E-state index in [0.29, 0.717) is 22.7 Å². The van der Waals surface area contributed by atoms with Gasteiger partial charge in [0.1, 0.15) is 0 Å². The van der Waals surface area contributed by atoms with Gasteiger partial charge < -0.3 is 10.6 Å². The zero-order chi connectivity index (χ0) is 14.9. The highest BCUT2D eigenvalue weighted by Crippen LogP contribution is 2.45. The maximum Gasteiger partial charge on any atom is 0.251 e. The van der Waals surface area contributed by atoms with E-state index in [9.17, 15) is 4.79 Å². The minimum atomic E-state index is 0.0876. The Labute approximate surface area is 140 Å². The Hall–Kier alpha value is -0.650. The summed E-state index contributed by atoms with van der Waals surface area (Å²) >= 11 is 4.00. The molecule has 1 aromatic rings. The first kappa shape index (κ1) is 14.9. The zero-order valence-electron chi connectivity index (χ0n) is 12.6. The van der Waals surface area contributed by atoms with Crippen molar-refractivity contribution in [1.82, 2.24) is 10.6 Å². The van der Waals surface area contributed by atoms with Gasteiger partial charge in [0.15, 0.2) is 0 Å². The summed E-state index contributed by atoms with van der Waals surface area (Å²) in [7, 11) is 0. The van der Waals surface area contributed by atoms with Crippen LogP contribution in [0.4, 0.5) is 0 Å². The smallest absolute Gasteiger partial charge is 0.251 e. The van der Waals surface area contributed by atoms with Gasteiger partial charge in [-0.25, -0.2) is 0 Å². The Morgan fingerprint density at radius 3 is 2.32 bits per heavy atom. The maximum absolute atomic E-state index is 12.4. The summed E-state index contributed by atoms with van der Waals surface area (Å²) in [6, 6.07) is 9.78. The molecule has 3 nitrogen and oxygen atoms in total. The van der Waals surface area contributed by atoms with Gasteiger partial charge in [-0.05, 0) is 43.4 Å². The van der Waals surface area contributed by atoms with Gasteiger partial charge in [-0.3, -0.25) is 4.79 Å². The van der Waals surface area contributed by atoms with Gasteiger partial charge in [0.05, 0.1) is 4.58 Å². The van der Waals surface area contributed by atoms with Crippen LogP contribution in [0.25, 0.3) is 0 Å². The third-order valence-electron chi connectivity index (χ3n) is 4.88. The summed E-state index contributed by atoms with van der Waals surface area (Å²) in [5.41, 5.74) is 2.13. The molecule has 1 aromatic carbocycles. The van der Waals surface area contributed by atoms with Crippen LogP contribution >= 0.6 is 23.5 Å². The molecular formula is C17H22N2OS2. The SMILES string of the molecule is O=C(NC1CC2CCC(C1)N2)c1ccc(C2SCCS2)cc1. The monoisotopic (exact) mass is 334 g/mol. The Kier molecular flexibility index (Phi) is 4.38. The van der Waals surface area contributed by atoms with E-state index in [1.165, 1.54) is 29.9 Å². The van der Waals surface area contributed by atoms with E-state index in [2.05, 4.69) is 22.8 Å². The molecule has 0 aromatic heterocycles. The Morgan fingerprint density at radius 1 is 1.05 bits per heavy atom. The fourth-order valence-electron chi connectivity index (χ4n) is 3.79. The number of piperidine rings is 1. The minimum absolute atomic E-state index is 0.0876. The fourth-order valence-corrected chi connectivity index (χ4v) is 6.65. The minimum Gasteiger partial charge on any atom is -0.349 e. The molecule has 3 aliphatic rings. The van der Waals surface area contributed by atoms with E-state index < -0.39 is 0 Å². The van der Waals surface area contributed by atoms with E-state index in [-0.39, 0.29) is 5.91 Å². The molecule has 3 fully saturated rings. The summed E-state index contributed by atoms with van der Waals surface area (Å²) in [4.78, 5) is 12.4. The van der Waals surface area contributed by atoms with Crippen LogP contribution in [0, 0.1) is 0 Å². The molecule has 3 saturated heterocycles. The molecule has 0 radical (unpaired) electrons. The van der Waals surface area contributed by atoms with Crippen molar-refractivity contribution < 1.29 is 4.79 Å². The van der Waals surface area contributed by atoms with E-state index in [0.717, 1.165) is 18.4 Å². The average Bonchev–Trinajstić information content (AvgIpc) is 3.17. The van der Waals surface area contributed by atoms with Crippen molar-refractivity contribution >= 4 is 29.4 Å². The summed E-state index contributed by atoms with van der Waals surface area (Å²) < 4.78 is 0.553. The predicted molar refractivity (Wildman–Crippen MR) is 94.5 cm³/mol. The highest BCUT2D eigenvalue weighted by Gasteiger charge is 2.34. The quantitative estimate of drug-likeness (QED) is 0.891. The number of rotatable bonds is 3. The lowest BCUT2D eigenvalue weighted by molar-refractivity contribution is 0.0924. The van der Waals surface area contributed by atoms with Gasteiger partial charge in [-0.15, -0.1) is 23.5 Å². The van der Waals surface area contributed by atoms with Crippen LogP contribution in [0.3, 0.4) is 0 Å². The van der Waals surface area contributed by atoms with Crippen LogP contribution < -0.4 is 10.6 Å². The second kappa shape index (κ2) is 6.46. The third-order valence-corrected chi connectivity index (χ3v) is 7.98. The van der Waals surface area contributed by atoms with Gasteiger partial charge in [0.2, 0.25) is 0 Å². The highest BCUT2D eigenvalue weighted by atomic mass is 32.2. The van der Waals surface area contributed by atoms with Crippen LogP contribution in [0.15, 0.2) is 24.3 Å². The van der Waals surface area contributed by atoms with Crippen molar-refractivity contribution in [3.63, 3.8) is 0 Å². The zero-order valence-corrected chi connectivity index (χ0v) is 14.2. The lowest BCUT2D eigenvalue weighted by Crippen LogP contribution is -2.48. The number of hydrogen-bond acceptors (Lipinski definition) is 4. The molecule has 2 bridgehead atoms. The number of fused-ring (bicyclic) bond motifs is 2. The van der Waals surface area contributed by atoms with E-state index in [1.807, 2.05) is 35.7 Å². The van der Waals surface area contributed by atoms with E-state index in [1.54, 1.807) is 0 Å². The number of thioether (sulfide) groups is 2. The van der Waals surface area contributed by atoms with Crippen molar-refractivity contribution in [3.05, 3.63) is 35.4 Å². The lowest BCUT2D eigenvalue weighted by atomic mass is 9.99. The van der Waals surface area contributed by atoms with Crippen LogP contribution in [0.1, 0.15) is 46.2 Å². The summed E-state index contributed by atoms with van der Waals surface area (Å²) in [5, 5.41) is 6.85. The molecule has 0 saturated carbocycles. The first-order valence-corrected chi connectivity index (χ1v) is 10.3. The molecule has 3 aliphatic heterocycles. The highest BCUT2D eigenvalue weighted by molar-refractivity contribution is 8.19. The standard InChI is InChI=1S/C17H22N2OS2/c20-16(19-15-9-13-5-6-14(10-15)18-13)11-1-3-12(4-2-11)17-21-7-8-22-17/h1-4,13-15,17-18H,5-10H2,(H,19,20). The van der Waals surface area contributed by atoms with Gasteiger partial charge in [-0.1, -0.05) is 12.1 Å². The normalized spacial score (nSPS) is 31.4. The molecule has 1 amide bonds. The first-order valence-electron chi connectivity index (χ1n) is 8.18. The van der Waals surface area contributed by atoms with Crippen LogP contribution in [0.2, 0.25) is 0 Å². The second-order valence-corrected chi connectivity index (χ2v) is 9.20. The van der Waals surface area contributed by atoms with Crippen LogP contribution in [-0.2, 0) is 0 Å². The fraction of sp³-hybridized carbons (Fsp3) is 0.588. The van der Waals surface area contributed by atoms with Crippen molar-refractivity contribution in [2.24, 2.45) is 0 Å². The van der Waals surface area contributed by atoms with Gasteiger partial charge in [0.25, 0.3) is 5.91 Å². The van der Waals surface area contributed by atoms with Crippen LogP contribution in [0.5, 0.6) is 0 Å². The van der Waals surface area contributed by atoms with Crippen LogP contribution in [-0.4, -0.2) is 35.5 Å². The number of hydrogen-bond donors (Lipinski definition) is 2. The first-order chi connectivity index (χ1) is 10.8. The number of amides is 1. The topological polar surface area (TPSA) is 41.1 Å². The lowest BCUT2D eigenvalue weighted by Gasteiger charge is -2.29. The average molecular weight is 335 g/mol. The van der Waals surface area contributed by atoms with E-state index in [4.69, 9.17) is 0 Å². The molecule has 5 heteroatoms. The third kappa shape index (κ3) is 3.17. The predicted octanol–water partition coefficient (Wildman–Crippen LogP) is 3.18. The van der Waals surface area contributed by atoms with Crippen molar-refractivity contribution in [2.45, 2.75) is 48.4 Å². The summed E-state index contributed by atoms with van der Waals surface area (Å²) in [5.74, 6) is 2.55. The molecule has 4 rings (SSSR count). The molecule has 2 unspecified atom stereocenters. The molecule has 2 atom stereocenters.